The number of halogens is 2. The number of fused-ring (bicyclic) bond motifs is 1. The summed E-state index contributed by atoms with van der Waals surface area (Å²) in [6, 6.07) is 4.95. The second-order valence-corrected chi connectivity index (χ2v) is 5.41. The average Bonchev–Trinajstić information content (AvgIpc) is 2.65. The van der Waals surface area contributed by atoms with Crippen molar-refractivity contribution in [3.05, 3.63) is 29.8 Å². The summed E-state index contributed by atoms with van der Waals surface area (Å²) in [4.78, 5) is 4.46. The van der Waals surface area contributed by atoms with Gasteiger partial charge in [-0.05, 0) is 37.5 Å². The minimum absolute atomic E-state index is 0.235. The van der Waals surface area contributed by atoms with Crippen LogP contribution in [0.5, 0.6) is 0 Å². The smallest absolute Gasteiger partial charge is 0.125 e. The van der Waals surface area contributed by atoms with Gasteiger partial charge in [0.05, 0.1) is 16.9 Å². The van der Waals surface area contributed by atoms with Crippen molar-refractivity contribution in [2.24, 2.45) is 5.92 Å². The Bertz CT molecular complexity index is 548. The second-order valence-electron chi connectivity index (χ2n) is 5.14. The Morgan fingerprint density at radius 3 is 2.67 bits per heavy atom. The molecule has 0 spiro atoms. The van der Waals surface area contributed by atoms with Crippen LogP contribution in [-0.4, -0.2) is 9.55 Å². The highest BCUT2D eigenvalue weighted by molar-refractivity contribution is 6.16. The molecule has 1 heterocycles. The van der Waals surface area contributed by atoms with E-state index in [9.17, 15) is 4.39 Å². The summed E-state index contributed by atoms with van der Waals surface area (Å²) in [5.74, 6) is 1.50. The molecule has 4 heteroatoms. The number of rotatable bonds is 4. The fraction of sp³-hybridized carbons (Fsp3) is 0.500. The zero-order valence-electron chi connectivity index (χ0n) is 11.0. The van der Waals surface area contributed by atoms with Crippen molar-refractivity contribution in [1.82, 2.24) is 9.55 Å². The van der Waals surface area contributed by atoms with E-state index in [0.717, 1.165) is 23.3 Å². The lowest BCUT2D eigenvalue weighted by molar-refractivity contribution is 0.428. The van der Waals surface area contributed by atoms with E-state index in [0.29, 0.717) is 11.8 Å². The van der Waals surface area contributed by atoms with Gasteiger partial charge >= 0.3 is 0 Å². The lowest BCUT2D eigenvalue weighted by Crippen LogP contribution is -2.11. The van der Waals surface area contributed by atoms with E-state index in [1.54, 1.807) is 6.07 Å². The van der Waals surface area contributed by atoms with Gasteiger partial charge in [-0.1, -0.05) is 13.8 Å². The molecule has 0 fully saturated rings. The van der Waals surface area contributed by atoms with E-state index in [1.165, 1.54) is 12.1 Å². The van der Waals surface area contributed by atoms with E-state index in [2.05, 4.69) is 30.3 Å². The van der Waals surface area contributed by atoms with Gasteiger partial charge in [0, 0.05) is 6.04 Å². The molecule has 0 aliphatic carbocycles. The summed E-state index contributed by atoms with van der Waals surface area (Å²) in [5, 5.41) is 0. The molecule has 0 radical (unpaired) electrons. The maximum absolute atomic E-state index is 13.4. The number of hydrogen-bond donors (Lipinski definition) is 0. The summed E-state index contributed by atoms with van der Waals surface area (Å²) < 4.78 is 15.4. The van der Waals surface area contributed by atoms with Crippen LogP contribution in [0.15, 0.2) is 18.2 Å². The minimum Gasteiger partial charge on any atom is -0.324 e. The Morgan fingerprint density at radius 2 is 2.06 bits per heavy atom. The molecule has 18 heavy (non-hydrogen) atoms. The lowest BCUT2D eigenvalue weighted by atomic mass is 10.0. The molecule has 2 aromatic rings. The number of nitrogens with zero attached hydrogens (tertiary/aromatic N) is 2. The number of imidazole rings is 1. The average molecular weight is 269 g/mol. The van der Waals surface area contributed by atoms with Crippen molar-refractivity contribution < 1.29 is 4.39 Å². The maximum Gasteiger partial charge on any atom is 0.125 e. The molecule has 1 unspecified atom stereocenters. The van der Waals surface area contributed by atoms with E-state index in [4.69, 9.17) is 11.6 Å². The van der Waals surface area contributed by atoms with Crippen molar-refractivity contribution in [3.63, 3.8) is 0 Å². The highest BCUT2D eigenvalue weighted by atomic mass is 35.5. The standard InChI is InChI=1S/C14H18ClFN2/c1-9(2)6-10(3)18-13-7-11(16)4-5-12(13)17-14(18)8-15/h4-5,7,9-10H,6,8H2,1-3H3. The van der Waals surface area contributed by atoms with Crippen LogP contribution in [0.2, 0.25) is 0 Å². The number of alkyl halides is 1. The predicted molar refractivity (Wildman–Crippen MR) is 73.4 cm³/mol. The maximum atomic E-state index is 13.4. The lowest BCUT2D eigenvalue weighted by Gasteiger charge is -2.18. The molecule has 2 rings (SSSR count). The van der Waals surface area contributed by atoms with Crippen LogP contribution in [-0.2, 0) is 5.88 Å². The summed E-state index contributed by atoms with van der Waals surface area (Å²) in [6.45, 7) is 6.48. The normalized spacial score (nSPS) is 13.4. The van der Waals surface area contributed by atoms with Gasteiger partial charge in [0.15, 0.2) is 0 Å². The summed E-state index contributed by atoms with van der Waals surface area (Å²) >= 11 is 5.95. The van der Waals surface area contributed by atoms with Gasteiger partial charge in [0.25, 0.3) is 0 Å². The van der Waals surface area contributed by atoms with E-state index >= 15 is 0 Å². The Balaban J connectivity index is 2.54. The SMILES string of the molecule is CC(C)CC(C)n1c(CCl)nc2ccc(F)cc21. The molecule has 1 aromatic heterocycles. The first kappa shape index (κ1) is 13.3. The first-order valence-electron chi connectivity index (χ1n) is 6.25. The molecular weight excluding hydrogens is 251 g/mol. The highest BCUT2D eigenvalue weighted by Gasteiger charge is 2.16. The third kappa shape index (κ3) is 2.51. The van der Waals surface area contributed by atoms with E-state index in [-0.39, 0.29) is 11.9 Å². The summed E-state index contributed by atoms with van der Waals surface area (Å²) in [6.07, 6.45) is 1.02. The van der Waals surface area contributed by atoms with Gasteiger partial charge in [-0.2, -0.15) is 0 Å². The first-order valence-corrected chi connectivity index (χ1v) is 6.78. The minimum atomic E-state index is -0.235. The second kappa shape index (κ2) is 5.27. The molecule has 0 amide bonds. The Morgan fingerprint density at radius 1 is 1.33 bits per heavy atom. The van der Waals surface area contributed by atoms with Gasteiger partial charge < -0.3 is 4.57 Å². The zero-order valence-corrected chi connectivity index (χ0v) is 11.7. The fourth-order valence-electron chi connectivity index (χ4n) is 2.49. The molecule has 0 saturated carbocycles. The largest absolute Gasteiger partial charge is 0.324 e. The van der Waals surface area contributed by atoms with Gasteiger partial charge in [-0.3, -0.25) is 0 Å². The predicted octanol–water partition coefficient (Wildman–Crippen LogP) is 4.52. The zero-order chi connectivity index (χ0) is 13.3. The number of benzene rings is 1. The van der Waals surface area contributed by atoms with Gasteiger partial charge in [0.2, 0.25) is 0 Å². The van der Waals surface area contributed by atoms with E-state index < -0.39 is 0 Å². The Labute approximate surface area is 112 Å². The molecule has 0 saturated heterocycles. The molecular formula is C14H18ClFN2. The van der Waals surface area contributed by atoms with Crippen molar-refractivity contribution in [2.45, 2.75) is 39.1 Å². The van der Waals surface area contributed by atoms with Gasteiger partial charge in [0.1, 0.15) is 11.6 Å². The van der Waals surface area contributed by atoms with Gasteiger partial charge in [-0.15, -0.1) is 11.6 Å². The topological polar surface area (TPSA) is 17.8 Å². The monoisotopic (exact) mass is 268 g/mol. The molecule has 0 bridgehead atoms. The number of aromatic nitrogens is 2. The molecule has 2 nitrogen and oxygen atoms in total. The molecule has 0 aliphatic heterocycles. The van der Waals surface area contributed by atoms with Crippen LogP contribution >= 0.6 is 11.6 Å². The molecule has 1 aromatic carbocycles. The van der Waals surface area contributed by atoms with Crippen LogP contribution in [0.25, 0.3) is 11.0 Å². The van der Waals surface area contributed by atoms with Crippen LogP contribution in [0.4, 0.5) is 4.39 Å². The summed E-state index contributed by atoms with van der Waals surface area (Å²) in [7, 11) is 0. The van der Waals surface area contributed by atoms with E-state index in [1.807, 2.05) is 0 Å². The third-order valence-corrected chi connectivity index (χ3v) is 3.34. The molecule has 98 valence electrons. The van der Waals surface area contributed by atoms with Crippen molar-refractivity contribution in [1.29, 1.82) is 0 Å². The third-order valence-electron chi connectivity index (χ3n) is 3.10. The molecule has 0 N–H and O–H groups in total. The Hall–Kier alpha value is -1.09. The van der Waals surface area contributed by atoms with Crippen LogP contribution in [0.3, 0.4) is 0 Å². The Kier molecular flexibility index (Phi) is 3.91. The summed E-state index contributed by atoms with van der Waals surface area (Å²) in [5.41, 5.74) is 1.64. The highest BCUT2D eigenvalue weighted by Crippen LogP contribution is 2.26. The van der Waals surface area contributed by atoms with Crippen molar-refractivity contribution in [2.75, 3.05) is 0 Å². The van der Waals surface area contributed by atoms with Gasteiger partial charge in [-0.25, -0.2) is 9.37 Å². The molecule has 1 atom stereocenters. The van der Waals surface area contributed by atoms with Crippen molar-refractivity contribution in [3.8, 4) is 0 Å². The van der Waals surface area contributed by atoms with Crippen LogP contribution in [0, 0.1) is 11.7 Å². The molecule has 0 aliphatic rings. The number of hydrogen-bond acceptors (Lipinski definition) is 1. The van der Waals surface area contributed by atoms with Crippen LogP contribution < -0.4 is 0 Å². The van der Waals surface area contributed by atoms with Crippen molar-refractivity contribution >= 4 is 22.6 Å². The quantitative estimate of drug-likeness (QED) is 0.746. The first-order chi connectivity index (χ1) is 8.52. The fourth-order valence-corrected chi connectivity index (χ4v) is 2.68. The van der Waals surface area contributed by atoms with Crippen LogP contribution in [0.1, 0.15) is 39.1 Å².